The molecule has 1 heterocycles. The number of para-hydroxylation sites is 1. The molecule has 1 aromatic heterocycles. The molecule has 1 aromatic carbocycles. The summed E-state index contributed by atoms with van der Waals surface area (Å²) >= 11 is 0. The lowest BCUT2D eigenvalue weighted by Gasteiger charge is -2.14. The van der Waals surface area contributed by atoms with Crippen LogP contribution in [0.25, 0.3) is 0 Å². The van der Waals surface area contributed by atoms with Crippen molar-refractivity contribution in [2.75, 3.05) is 29.9 Å². The minimum absolute atomic E-state index is 0.674. The molecule has 0 spiro atoms. The van der Waals surface area contributed by atoms with Gasteiger partial charge in [0.2, 0.25) is 5.89 Å². The molecular weight excluding hydrogens is 252 g/mol. The average molecular weight is 274 g/mol. The van der Waals surface area contributed by atoms with Crippen LogP contribution in [0.4, 0.5) is 11.6 Å². The third-order valence-electron chi connectivity index (χ3n) is 3.30. The molecule has 0 fully saturated rings. The van der Waals surface area contributed by atoms with E-state index in [1.807, 2.05) is 12.1 Å². The molecule has 2 rings (SSSR count). The lowest BCUT2D eigenvalue weighted by Crippen LogP contribution is -2.23. The second kappa shape index (κ2) is 6.93. The maximum atomic E-state index is 5.27. The van der Waals surface area contributed by atoms with E-state index >= 15 is 0 Å². The van der Waals surface area contributed by atoms with Gasteiger partial charge in [0, 0.05) is 31.7 Å². The van der Waals surface area contributed by atoms with E-state index in [4.69, 9.17) is 4.52 Å². The van der Waals surface area contributed by atoms with Crippen LogP contribution in [0.5, 0.6) is 0 Å². The number of hydrogen-bond acceptors (Lipinski definition) is 5. The van der Waals surface area contributed by atoms with Crippen molar-refractivity contribution >= 4 is 11.6 Å². The van der Waals surface area contributed by atoms with Crippen molar-refractivity contribution in [2.24, 2.45) is 0 Å². The van der Waals surface area contributed by atoms with E-state index < -0.39 is 0 Å². The lowest BCUT2D eigenvalue weighted by molar-refractivity contribution is 0.379. The number of aryl methyl sites for hydroxylation is 1. The first-order valence-corrected chi connectivity index (χ1v) is 7.11. The van der Waals surface area contributed by atoms with Crippen LogP contribution >= 0.6 is 0 Å². The van der Waals surface area contributed by atoms with Crippen molar-refractivity contribution < 1.29 is 4.52 Å². The van der Waals surface area contributed by atoms with E-state index in [1.54, 1.807) is 0 Å². The van der Waals surface area contributed by atoms with Crippen LogP contribution in [0, 0.1) is 6.92 Å². The molecule has 0 aliphatic carbocycles. The van der Waals surface area contributed by atoms with Gasteiger partial charge in [0.25, 0.3) is 5.95 Å². The van der Waals surface area contributed by atoms with Crippen LogP contribution in [0.1, 0.15) is 25.3 Å². The third-order valence-corrected chi connectivity index (χ3v) is 3.30. The largest absolute Gasteiger partial charge is 0.384 e. The molecule has 5 heteroatoms. The van der Waals surface area contributed by atoms with E-state index in [1.165, 1.54) is 5.56 Å². The summed E-state index contributed by atoms with van der Waals surface area (Å²) in [4.78, 5) is 6.49. The van der Waals surface area contributed by atoms with Gasteiger partial charge in [-0.05, 0) is 37.6 Å². The molecule has 1 N–H and O–H groups in total. The molecule has 0 aliphatic rings. The predicted octanol–water partition coefficient (Wildman–Crippen LogP) is 2.88. The van der Waals surface area contributed by atoms with Gasteiger partial charge in [0.1, 0.15) is 0 Å². The minimum Gasteiger partial charge on any atom is -0.384 e. The Bertz CT molecular complexity index is 534. The van der Waals surface area contributed by atoms with Gasteiger partial charge in [-0.1, -0.05) is 18.2 Å². The van der Waals surface area contributed by atoms with Gasteiger partial charge >= 0.3 is 0 Å². The molecule has 20 heavy (non-hydrogen) atoms. The number of nitrogens with zero attached hydrogens (tertiary/aromatic N) is 3. The topological polar surface area (TPSA) is 54.2 Å². The summed E-state index contributed by atoms with van der Waals surface area (Å²) in [7, 11) is 0. The molecule has 0 unspecified atom stereocenters. The molecule has 0 amide bonds. The molecule has 5 nitrogen and oxygen atoms in total. The SMILES string of the molecule is CCN(CC)c1noc(CCNc2ccccc2C)n1. The smallest absolute Gasteiger partial charge is 0.266 e. The molecule has 0 aliphatic heterocycles. The van der Waals surface area contributed by atoms with Crippen molar-refractivity contribution in [3.05, 3.63) is 35.7 Å². The van der Waals surface area contributed by atoms with E-state index in [0.29, 0.717) is 11.8 Å². The van der Waals surface area contributed by atoms with Gasteiger partial charge in [-0.15, -0.1) is 0 Å². The third kappa shape index (κ3) is 3.50. The Hall–Kier alpha value is -2.04. The van der Waals surface area contributed by atoms with Crippen LogP contribution in [-0.2, 0) is 6.42 Å². The van der Waals surface area contributed by atoms with Crippen molar-refractivity contribution in [3.63, 3.8) is 0 Å². The summed E-state index contributed by atoms with van der Waals surface area (Å²) in [6.07, 6.45) is 0.725. The van der Waals surface area contributed by atoms with E-state index in [2.05, 4.69) is 53.3 Å². The highest BCUT2D eigenvalue weighted by atomic mass is 16.5. The Morgan fingerprint density at radius 1 is 1.20 bits per heavy atom. The highest BCUT2D eigenvalue weighted by Gasteiger charge is 2.10. The van der Waals surface area contributed by atoms with Gasteiger partial charge in [0.05, 0.1) is 0 Å². The number of rotatable bonds is 7. The van der Waals surface area contributed by atoms with Crippen LogP contribution in [-0.4, -0.2) is 29.8 Å². The minimum atomic E-state index is 0.674. The first-order chi connectivity index (χ1) is 9.74. The molecule has 0 saturated carbocycles. The molecule has 0 atom stereocenters. The zero-order valence-electron chi connectivity index (χ0n) is 12.4. The zero-order valence-corrected chi connectivity index (χ0v) is 12.4. The number of benzene rings is 1. The quantitative estimate of drug-likeness (QED) is 0.841. The number of anilines is 2. The molecule has 0 bridgehead atoms. The second-order valence-corrected chi connectivity index (χ2v) is 4.65. The van der Waals surface area contributed by atoms with E-state index in [-0.39, 0.29) is 0 Å². The molecule has 0 saturated heterocycles. The average Bonchev–Trinajstić information content (AvgIpc) is 2.91. The van der Waals surface area contributed by atoms with Crippen LogP contribution < -0.4 is 10.2 Å². The monoisotopic (exact) mass is 274 g/mol. The summed E-state index contributed by atoms with van der Waals surface area (Å²) in [6, 6.07) is 8.23. The number of nitrogens with one attached hydrogen (secondary N) is 1. The second-order valence-electron chi connectivity index (χ2n) is 4.65. The van der Waals surface area contributed by atoms with E-state index in [0.717, 1.165) is 31.7 Å². The predicted molar refractivity (Wildman–Crippen MR) is 81.2 cm³/mol. The summed E-state index contributed by atoms with van der Waals surface area (Å²) in [5.74, 6) is 1.36. The maximum absolute atomic E-state index is 5.27. The van der Waals surface area contributed by atoms with Crippen LogP contribution in [0.15, 0.2) is 28.8 Å². The Balaban J connectivity index is 1.87. The first kappa shape index (κ1) is 14.4. The summed E-state index contributed by atoms with van der Waals surface area (Å²) in [5.41, 5.74) is 2.39. The number of aromatic nitrogens is 2. The lowest BCUT2D eigenvalue weighted by atomic mass is 10.2. The van der Waals surface area contributed by atoms with E-state index in [9.17, 15) is 0 Å². The van der Waals surface area contributed by atoms with Gasteiger partial charge in [-0.3, -0.25) is 0 Å². The fourth-order valence-corrected chi connectivity index (χ4v) is 2.06. The Labute approximate surface area is 120 Å². The molecule has 108 valence electrons. The van der Waals surface area contributed by atoms with Crippen molar-refractivity contribution in [3.8, 4) is 0 Å². The van der Waals surface area contributed by atoms with Crippen molar-refractivity contribution in [1.29, 1.82) is 0 Å². The van der Waals surface area contributed by atoms with Gasteiger partial charge in [0.15, 0.2) is 0 Å². The molecule has 2 aromatic rings. The molecule has 0 radical (unpaired) electrons. The number of hydrogen-bond donors (Lipinski definition) is 1. The van der Waals surface area contributed by atoms with Gasteiger partial charge in [-0.25, -0.2) is 0 Å². The Morgan fingerprint density at radius 2 is 1.95 bits per heavy atom. The van der Waals surface area contributed by atoms with Crippen molar-refractivity contribution in [1.82, 2.24) is 10.1 Å². The van der Waals surface area contributed by atoms with Crippen LogP contribution in [0.3, 0.4) is 0 Å². The van der Waals surface area contributed by atoms with Crippen LogP contribution in [0.2, 0.25) is 0 Å². The first-order valence-electron chi connectivity index (χ1n) is 7.11. The molecular formula is C15H22N4O. The standard InChI is InChI=1S/C15H22N4O/c1-4-19(5-2)15-17-14(20-18-15)10-11-16-13-9-7-6-8-12(13)3/h6-9,16H,4-5,10-11H2,1-3H3. The highest BCUT2D eigenvalue weighted by molar-refractivity contribution is 5.50. The normalized spacial score (nSPS) is 10.6. The fourth-order valence-electron chi connectivity index (χ4n) is 2.06. The summed E-state index contributed by atoms with van der Waals surface area (Å²) < 4.78 is 5.27. The Morgan fingerprint density at radius 3 is 2.65 bits per heavy atom. The van der Waals surface area contributed by atoms with Gasteiger partial charge in [-0.2, -0.15) is 4.98 Å². The fraction of sp³-hybridized carbons (Fsp3) is 0.467. The highest BCUT2D eigenvalue weighted by Crippen LogP contribution is 2.13. The Kier molecular flexibility index (Phi) is 4.98. The summed E-state index contributed by atoms with van der Waals surface area (Å²) in [6.45, 7) is 8.81. The summed E-state index contributed by atoms with van der Waals surface area (Å²) in [5, 5.41) is 7.40. The zero-order chi connectivity index (χ0) is 14.4. The van der Waals surface area contributed by atoms with Crippen molar-refractivity contribution in [2.45, 2.75) is 27.2 Å². The van der Waals surface area contributed by atoms with Gasteiger partial charge < -0.3 is 14.7 Å². The maximum Gasteiger partial charge on any atom is 0.266 e.